The second kappa shape index (κ2) is 6.70. The van der Waals surface area contributed by atoms with Crippen LogP contribution < -0.4 is 5.32 Å². The molecule has 1 N–H and O–H groups in total. The Kier molecular flexibility index (Phi) is 5.32. The van der Waals surface area contributed by atoms with Gasteiger partial charge in [0.1, 0.15) is 4.90 Å². The van der Waals surface area contributed by atoms with Gasteiger partial charge in [-0.25, -0.2) is 8.42 Å². The van der Waals surface area contributed by atoms with Crippen molar-refractivity contribution in [3.05, 3.63) is 44.0 Å². The topological polar surface area (TPSA) is 63.2 Å². The highest BCUT2D eigenvalue weighted by Crippen LogP contribution is 2.38. The van der Waals surface area contributed by atoms with Crippen molar-refractivity contribution < 1.29 is 13.2 Å². The largest absolute Gasteiger partial charge is 0.319 e. The van der Waals surface area contributed by atoms with Crippen LogP contribution in [0.5, 0.6) is 0 Å². The molecule has 1 heterocycles. The summed E-state index contributed by atoms with van der Waals surface area (Å²) in [6.07, 6.45) is 0. The van der Waals surface area contributed by atoms with E-state index in [4.69, 9.17) is 11.6 Å². The van der Waals surface area contributed by atoms with E-state index >= 15 is 0 Å². The molecule has 4 nitrogen and oxygen atoms in total. The molecule has 2 aromatic rings. The monoisotopic (exact) mass is 421 g/mol. The molecule has 0 atom stereocenters. The van der Waals surface area contributed by atoms with Crippen molar-refractivity contribution in [1.29, 1.82) is 0 Å². The third-order valence-electron chi connectivity index (χ3n) is 3.00. The summed E-state index contributed by atoms with van der Waals surface area (Å²) in [5.74, 6) is -0.454. The molecule has 0 saturated heterocycles. The standard InChI is InChI=1S/C14H13BrClNO3S2/c1-8(2)22(19,20)11-7-21-13(15)12(11)17-14(18)9-5-3-4-6-10(9)16/h3-8H,1-2H3,(H,17,18). The molecule has 1 amide bonds. The number of hydrogen-bond acceptors (Lipinski definition) is 4. The maximum Gasteiger partial charge on any atom is 0.257 e. The van der Waals surface area contributed by atoms with Gasteiger partial charge in [0.15, 0.2) is 9.84 Å². The molecule has 1 aromatic heterocycles. The second-order valence-corrected chi connectivity index (χ2v) is 9.85. The summed E-state index contributed by atoms with van der Waals surface area (Å²) < 4.78 is 25.3. The van der Waals surface area contributed by atoms with Crippen molar-refractivity contribution in [3.63, 3.8) is 0 Å². The fraction of sp³-hybridized carbons (Fsp3) is 0.214. The van der Waals surface area contributed by atoms with Crippen molar-refractivity contribution in [1.82, 2.24) is 0 Å². The molecule has 2 rings (SSSR count). The molecule has 0 saturated carbocycles. The number of anilines is 1. The van der Waals surface area contributed by atoms with Crippen LogP contribution in [0.3, 0.4) is 0 Å². The molecule has 0 aliphatic carbocycles. The average molecular weight is 423 g/mol. The van der Waals surface area contributed by atoms with Gasteiger partial charge < -0.3 is 5.32 Å². The molecule has 0 aliphatic rings. The quantitative estimate of drug-likeness (QED) is 0.783. The number of halogens is 2. The number of hydrogen-bond donors (Lipinski definition) is 1. The van der Waals surface area contributed by atoms with Gasteiger partial charge in [-0.1, -0.05) is 23.7 Å². The third kappa shape index (κ3) is 3.37. The van der Waals surface area contributed by atoms with E-state index in [1.807, 2.05) is 0 Å². The van der Waals surface area contributed by atoms with E-state index in [1.165, 1.54) is 16.7 Å². The Morgan fingerprint density at radius 1 is 1.32 bits per heavy atom. The summed E-state index contributed by atoms with van der Waals surface area (Å²) in [4.78, 5) is 12.4. The Morgan fingerprint density at radius 2 is 1.95 bits per heavy atom. The summed E-state index contributed by atoms with van der Waals surface area (Å²) in [7, 11) is -3.49. The summed E-state index contributed by atoms with van der Waals surface area (Å²) >= 11 is 10.5. The predicted molar refractivity (Wildman–Crippen MR) is 93.7 cm³/mol. The molecule has 0 radical (unpaired) electrons. The van der Waals surface area contributed by atoms with Crippen LogP contribution in [0.15, 0.2) is 38.3 Å². The zero-order valence-electron chi connectivity index (χ0n) is 11.8. The van der Waals surface area contributed by atoms with Gasteiger partial charge in [0, 0.05) is 5.38 Å². The first-order valence-electron chi connectivity index (χ1n) is 6.32. The Balaban J connectivity index is 2.42. The number of sulfone groups is 1. The van der Waals surface area contributed by atoms with Crippen LogP contribution in [0, 0.1) is 0 Å². The summed E-state index contributed by atoms with van der Waals surface area (Å²) in [5, 5.41) is 3.88. The van der Waals surface area contributed by atoms with Crippen LogP contribution in [-0.2, 0) is 9.84 Å². The second-order valence-electron chi connectivity index (χ2n) is 4.78. The Bertz CT molecular complexity index is 815. The molecule has 0 fully saturated rings. The number of thiophene rings is 1. The molecule has 0 bridgehead atoms. The molecule has 0 spiro atoms. The van der Waals surface area contributed by atoms with Gasteiger partial charge in [-0.3, -0.25) is 4.79 Å². The fourth-order valence-corrected chi connectivity index (χ4v) is 4.96. The minimum atomic E-state index is -3.49. The SMILES string of the molecule is CC(C)S(=O)(=O)c1csc(Br)c1NC(=O)c1ccccc1Cl. The number of carbonyl (C=O) groups excluding carboxylic acids is 1. The van der Waals surface area contributed by atoms with Gasteiger partial charge >= 0.3 is 0 Å². The fourth-order valence-electron chi connectivity index (χ4n) is 1.72. The molecule has 118 valence electrons. The smallest absolute Gasteiger partial charge is 0.257 e. The van der Waals surface area contributed by atoms with E-state index in [1.54, 1.807) is 38.1 Å². The highest BCUT2D eigenvalue weighted by molar-refractivity contribution is 9.11. The van der Waals surface area contributed by atoms with Crippen LogP contribution in [0.4, 0.5) is 5.69 Å². The average Bonchev–Trinajstić information content (AvgIpc) is 2.81. The van der Waals surface area contributed by atoms with Gasteiger partial charge in [-0.05, 0) is 41.9 Å². The minimum absolute atomic E-state index is 0.111. The van der Waals surface area contributed by atoms with Crippen molar-refractivity contribution in [2.45, 2.75) is 24.0 Å². The van der Waals surface area contributed by atoms with Gasteiger partial charge in [0.2, 0.25) is 0 Å². The lowest BCUT2D eigenvalue weighted by molar-refractivity contribution is 0.102. The summed E-state index contributed by atoms with van der Waals surface area (Å²) in [5.41, 5.74) is 0.541. The Morgan fingerprint density at radius 3 is 2.55 bits per heavy atom. The maximum absolute atomic E-state index is 12.4. The van der Waals surface area contributed by atoms with Gasteiger partial charge in [0.25, 0.3) is 5.91 Å². The lowest BCUT2D eigenvalue weighted by Crippen LogP contribution is -2.18. The zero-order valence-corrected chi connectivity index (χ0v) is 15.7. The van der Waals surface area contributed by atoms with Crippen LogP contribution in [0.25, 0.3) is 0 Å². The highest BCUT2D eigenvalue weighted by Gasteiger charge is 2.27. The molecular weight excluding hydrogens is 410 g/mol. The third-order valence-corrected chi connectivity index (χ3v) is 7.37. The van der Waals surface area contributed by atoms with Crippen molar-refractivity contribution >= 4 is 60.3 Å². The normalized spacial score (nSPS) is 11.7. The molecule has 0 unspecified atom stereocenters. The molecular formula is C14H13BrClNO3S2. The minimum Gasteiger partial charge on any atom is -0.319 e. The van der Waals surface area contributed by atoms with E-state index in [0.29, 0.717) is 8.81 Å². The number of rotatable bonds is 4. The molecule has 1 aromatic carbocycles. The number of carbonyl (C=O) groups is 1. The maximum atomic E-state index is 12.4. The summed E-state index contributed by atoms with van der Waals surface area (Å²) in [6.45, 7) is 3.20. The van der Waals surface area contributed by atoms with E-state index in [9.17, 15) is 13.2 Å². The van der Waals surface area contributed by atoms with Crippen molar-refractivity contribution in [2.75, 3.05) is 5.32 Å². The van der Waals surface area contributed by atoms with E-state index in [2.05, 4.69) is 21.2 Å². The van der Waals surface area contributed by atoms with Crippen LogP contribution >= 0.6 is 38.9 Å². The van der Waals surface area contributed by atoms with Gasteiger partial charge in [-0.15, -0.1) is 11.3 Å². The highest BCUT2D eigenvalue weighted by atomic mass is 79.9. The lowest BCUT2D eigenvalue weighted by atomic mass is 10.2. The van der Waals surface area contributed by atoms with Gasteiger partial charge in [-0.2, -0.15) is 0 Å². The predicted octanol–water partition coefficient (Wildman–Crippen LogP) is 4.60. The lowest BCUT2D eigenvalue weighted by Gasteiger charge is -2.11. The molecule has 8 heteroatoms. The number of nitrogens with one attached hydrogen (secondary N) is 1. The van der Waals surface area contributed by atoms with Gasteiger partial charge in [0.05, 0.1) is 25.3 Å². The summed E-state index contributed by atoms with van der Waals surface area (Å²) in [6, 6.07) is 6.59. The number of benzene rings is 1. The first kappa shape index (κ1) is 17.5. The molecule has 22 heavy (non-hydrogen) atoms. The van der Waals surface area contributed by atoms with Crippen LogP contribution in [0.1, 0.15) is 24.2 Å². The van der Waals surface area contributed by atoms with Crippen LogP contribution in [0.2, 0.25) is 5.02 Å². The van der Waals surface area contributed by atoms with Crippen molar-refractivity contribution in [2.24, 2.45) is 0 Å². The Hall–Kier alpha value is -0.890. The van der Waals surface area contributed by atoms with E-state index in [0.717, 1.165) is 0 Å². The van der Waals surface area contributed by atoms with Crippen molar-refractivity contribution in [3.8, 4) is 0 Å². The Labute approximate surface area is 146 Å². The molecule has 0 aliphatic heterocycles. The zero-order chi connectivity index (χ0) is 16.5. The number of amides is 1. The van der Waals surface area contributed by atoms with E-state index < -0.39 is 21.0 Å². The first-order chi connectivity index (χ1) is 10.2. The first-order valence-corrected chi connectivity index (χ1v) is 9.91. The van der Waals surface area contributed by atoms with E-state index in [-0.39, 0.29) is 16.1 Å². The van der Waals surface area contributed by atoms with Crippen LogP contribution in [-0.4, -0.2) is 19.6 Å².